The molecule has 0 radical (unpaired) electrons. The Morgan fingerprint density at radius 1 is 0.458 bits per heavy atom. The fourth-order valence-corrected chi connectivity index (χ4v) is 22.3. The van der Waals surface area contributed by atoms with Crippen molar-refractivity contribution in [3.05, 3.63) is 23.3 Å². The maximum atomic E-state index is 12.8. The van der Waals surface area contributed by atoms with Gasteiger partial charge in [0, 0.05) is 26.2 Å². The number of nitrogens with one attached hydrogen (secondary N) is 2. The molecule has 408 valence electrons. The topological polar surface area (TPSA) is 139 Å². The molecule has 0 unspecified atom stereocenters. The number of carbonyl (C=O) groups is 2. The first kappa shape index (κ1) is 55.0. The van der Waals surface area contributed by atoms with E-state index in [1.54, 1.807) is 0 Å². The number of fused-ring (bicyclic) bond motifs is 14. The van der Waals surface area contributed by atoms with Crippen LogP contribution in [-0.4, -0.2) is 70.8 Å². The summed E-state index contributed by atoms with van der Waals surface area (Å²) in [5.74, 6) is 3.65. The number of aliphatic hydroxyl groups is 2. The van der Waals surface area contributed by atoms with Gasteiger partial charge in [-0.25, -0.2) is 0 Å². The van der Waals surface area contributed by atoms with Crippen LogP contribution in [0.2, 0.25) is 0 Å². The molecule has 9 fully saturated rings. The Bertz CT molecular complexity index is 1990. The van der Waals surface area contributed by atoms with Gasteiger partial charge in [-0.2, -0.15) is 0 Å². The van der Waals surface area contributed by atoms with Gasteiger partial charge >= 0.3 is 11.9 Å². The monoisotopic (exact) mass is 999 g/mol. The van der Waals surface area contributed by atoms with Gasteiger partial charge in [0.1, 0.15) is 0 Å². The van der Waals surface area contributed by atoms with Gasteiger partial charge in [-0.1, -0.05) is 120 Å². The molecule has 0 aromatic rings. The van der Waals surface area contributed by atoms with Gasteiger partial charge in [0.15, 0.2) is 0 Å². The number of rotatable bonds is 2. The Morgan fingerprint density at radius 2 is 0.806 bits per heavy atom. The molecule has 0 aromatic heterocycles. The van der Waals surface area contributed by atoms with E-state index in [2.05, 4.69) is 120 Å². The molecule has 6 N–H and O–H groups in total. The van der Waals surface area contributed by atoms with Crippen LogP contribution in [0.15, 0.2) is 23.3 Å². The molecule has 11 aliphatic rings. The molecule has 1 saturated heterocycles. The molecule has 1 heterocycles. The number of hydrogen-bond acceptors (Lipinski definition) is 6. The standard InChI is InChI=1S/2C30H48O3.C4H10N2/c2*1-18-10-15-30(25(32)33)17-16-28(6)20(24(30)19(18)2)8-9-22-27(5)13-12-23(31)26(3,4)21(27)11-14-29(22,28)7;1-2-6-4-3-5-1/h2*8,18-19,21-24,31H,9-17H2,1-7H3,(H,32,33);5-6H,1-4H2/t2*18-,19+,21+,22-,23+,24+,27+,28-,29-,30+;/m11./s1. The molecule has 10 aliphatic carbocycles. The summed E-state index contributed by atoms with van der Waals surface area (Å²) in [5.41, 5.74) is 2.92. The number of hydrogen-bond donors (Lipinski definition) is 6. The van der Waals surface area contributed by atoms with E-state index in [1.165, 1.54) is 36.8 Å². The van der Waals surface area contributed by atoms with Crippen molar-refractivity contribution in [2.24, 2.45) is 113 Å². The number of carboxylic acid groups (broad SMARTS) is 2. The Hall–Kier alpha value is -1.74. The lowest BCUT2D eigenvalue weighted by molar-refractivity contribution is -0.206. The number of piperazine rings is 1. The largest absolute Gasteiger partial charge is 0.481 e. The van der Waals surface area contributed by atoms with E-state index in [9.17, 15) is 30.0 Å². The predicted molar refractivity (Wildman–Crippen MR) is 291 cm³/mol. The lowest BCUT2D eigenvalue weighted by atomic mass is 9.33. The van der Waals surface area contributed by atoms with E-state index < -0.39 is 22.8 Å². The van der Waals surface area contributed by atoms with Crippen LogP contribution >= 0.6 is 0 Å². The van der Waals surface area contributed by atoms with Crippen molar-refractivity contribution in [1.82, 2.24) is 10.6 Å². The molecule has 11 rings (SSSR count). The maximum Gasteiger partial charge on any atom is 0.310 e. The van der Waals surface area contributed by atoms with Crippen LogP contribution in [0, 0.1) is 113 Å². The molecule has 8 heteroatoms. The summed E-state index contributed by atoms with van der Waals surface area (Å²) in [7, 11) is 0. The molecular formula is C64H106N2O6. The zero-order chi connectivity index (χ0) is 52.6. The van der Waals surface area contributed by atoms with Gasteiger partial charge in [-0.3, -0.25) is 9.59 Å². The Kier molecular flexibility index (Phi) is 14.1. The van der Waals surface area contributed by atoms with E-state index in [0.29, 0.717) is 47.3 Å². The first-order chi connectivity index (χ1) is 33.5. The fraction of sp³-hybridized carbons (Fsp3) is 0.906. The highest BCUT2D eigenvalue weighted by atomic mass is 16.4. The molecule has 20 atom stereocenters. The van der Waals surface area contributed by atoms with Crippen molar-refractivity contribution in [2.45, 2.75) is 225 Å². The van der Waals surface area contributed by atoms with Crippen LogP contribution in [0.3, 0.4) is 0 Å². The molecule has 0 bridgehead atoms. The van der Waals surface area contributed by atoms with E-state index in [-0.39, 0.29) is 67.4 Å². The second-order valence-corrected chi connectivity index (χ2v) is 30.5. The average Bonchev–Trinajstić information content (AvgIpc) is 3.32. The highest BCUT2D eigenvalue weighted by Crippen LogP contribution is 2.78. The summed E-state index contributed by atoms with van der Waals surface area (Å²) >= 11 is 0. The van der Waals surface area contributed by atoms with E-state index in [0.717, 1.165) is 116 Å². The van der Waals surface area contributed by atoms with Crippen LogP contribution in [0.1, 0.15) is 213 Å². The third-order valence-corrected chi connectivity index (χ3v) is 27.7. The third kappa shape index (κ3) is 7.55. The van der Waals surface area contributed by atoms with Gasteiger partial charge in [0.2, 0.25) is 0 Å². The quantitative estimate of drug-likeness (QED) is 0.150. The normalized spacial score (nSPS) is 52.7. The number of allylic oxidation sites excluding steroid dienone is 4. The average molecular weight is 1000 g/mol. The van der Waals surface area contributed by atoms with Crippen molar-refractivity contribution < 1.29 is 30.0 Å². The second-order valence-electron chi connectivity index (χ2n) is 30.5. The Labute approximate surface area is 438 Å². The lowest BCUT2D eigenvalue weighted by Crippen LogP contribution is -2.65. The lowest BCUT2D eigenvalue weighted by Gasteiger charge is -2.71. The highest BCUT2D eigenvalue weighted by Gasteiger charge is 2.72. The van der Waals surface area contributed by atoms with Gasteiger partial charge < -0.3 is 31.1 Å². The first-order valence-electron chi connectivity index (χ1n) is 30.2. The molecular weight excluding hydrogens is 893 g/mol. The van der Waals surface area contributed by atoms with Crippen molar-refractivity contribution in [2.75, 3.05) is 26.2 Å². The Morgan fingerprint density at radius 3 is 1.12 bits per heavy atom. The Balaban J connectivity index is 0.000000159. The van der Waals surface area contributed by atoms with Crippen molar-refractivity contribution in [3.8, 4) is 0 Å². The minimum absolute atomic E-state index is 0.0302. The van der Waals surface area contributed by atoms with Crippen LogP contribution in [-0.2, 0) is 9.59 Å². The molecule has 72 heavy (non-hydrogen) atoms. The molecule has 8 saturated carbocycles. The SMILES string of the molecule is C1CNCCN1.C[C@H]1[C@H](C)CC[C@]2(C(=O)O)CC[C@]3(C)C(=CC[C@@H]4[C@@]5(C)CC[C@H](O)C(C)(C)[C@@H]5CC[C@]43C)[C@H]12.C[C@H]1[C@H](C)CC[C@]2(C(=O)O)CC[C@]3(C)C(=CC[C@@H]4[C@@]5(C)CC[C@H](O)C(C)(C)[C@@H]5CC[C@]43C)[C@H]12. The number of aliphatic hydroxyl groups excluding tert-OH is 2. The summed E-state index contributed by atoms with van der Waals surface area (Å²) in [6, 6.07) is 0. The molecule has 8 nitrogen and oxygen atoms in total. The van der Waals surface area contributed by atoms with Crippen LogP contribution < -0.4 is 10.6 Å². The van der Waals surface area contributed by atoms with Crippen molar-refractivity contribution >= 4 is 11.9 Å². The van der Waals surface area contributed by atoms with Gasteiger partial charge in [-0.15, -0.1) is 0 Å². The van der Waals surface area contributed by atoms with Gasteiger partial charge in [-0.05, 0) is 218 Å². The third-order valence-electron chi connectivity index (χ3n) is 27.7. The van der Waals surface area contributed by atoms with E-state index in [4.69, 9.17) is 0 Å². The summed E-state index contributed by atoms with van der Waals surface area (Å²) in [6.07, 6.45) is 23.3. The van der Waals surface area contributed by atoms with E-state index >= 15 is 0 Å². The minimum Gasteiger partial charge on any atom is -0.481 e. The summed E-state index contributed by atoms with van der Waals surface area (Å²) in [6.45, 7) is 38.5. The maximum absolute atomic E-state index is 12.8. The van der Waals surface area contributed by atoms with Gasteiger partial charge in [0.05, 0.1) is 23.0 Å². The summed E-state index contributed by atoms with van der Waals surface area (Å²) in [4.78, 5) is 25.6. The highest BCUT2D eigenvalue weighted by molar-refractivity contribution is 5.77. The predicted octanol–water partition coefficient (Wildman–Crippen LogP) is 13.4. The molecule has 0 amide bonds. The van der Waals surface area contributed by atoms with Crippen LogP contribution in [0.5, 0.6) is 0 Å². The van der Waals surface area contributed by atoms with Crippen molar-refractivity contribution in [1.29, 1.82) is 0 Å². The molecule has 1 aliphatic heterocycles. The zero-order valence-electron chi connectivity index (χ0n) is 48.2. The second kappa shape index (κ2) is 18.4. The van der Waals surface area contributed by atoms with Crippen LogP contribution in [0.4, 0.5) is 0 Å². The number of aliphatic carboxylic acids is 2. The summed E-state index contributed by atoms with van der Waals surface area (Å²) < 4.78 is 0. The summed E-state index contributed by atoms with van der Waals surface area (Å²) in [5, 5.41) is 49.3. The van der Waals surface area contributed by atoms with Gasteiger partial charge in [0.25, 0.3) is 0 Å². The van der Waals surface area contributed by atoms with Crippen molar-refractivity contribution in [3.63, 3.8) is 0 Å². The zero-order valence-corrected chi connectivity index (χ0v) is 48.2. The fourth-order valence-electron chi connectivity index (χ4n) is 22.3. The minimum atomic E-state index is -0.557. The molecule has 0 spiro atoms. The molecule has 0 aromatic carbocycles. The van der Waals surface area contributed by atoms with E-state index in [1.807, 2.05) is 0 Å². The smallest absolute Gasteiger partial charge is 0.310 e. The first-order valence-corrected chi connectivity index (χ1v) is 30.2. The number of carboxylic acids is 2. The van der Waals surface area contributed by atoms with Crippen LogP contribution in [0.25, 0.3) is 0 Å².